The Kier molecular flexibility index (Phi) is 4.44. The molecule has 1 heterocycles. The molecular formula is C10H17N3O. The van der Waals surface area contributed by atoms with Gasteiger partial charge >= 0.3 is 0 Å². The van der Waals surface area contributed by atoms with E-state index in [2.05, 4.69) is 10.8 Å². The van der Waals surface area contributed by atoms with Gasteiger partial charge in [-0.15, -0.1) is 6.42 Å². The van der Waals surface area contributed by atoms with E-state index in [-0.39, 0.29) is 5.91 Å². The SMILES string of the molecule is C#CC(=O)N1CCCN(CCN)CC1. The molecule has 0 aromatic carbocycles. The van der Waals surface area contributed by atoms with Gasteiger partial charge in [-0.2, -0.15) is 0 Å². The molecule has 0 bridgehead atoms. The van der Waals surface area contributed by atoms with Gasteiger partial charge in [0.2, 0.25) is 0 Å². The van der Waals surface area contributed by atoms with Crippen molar-refractivity contribution in [2.75, 3.05) is 39.3 Å². The zero-order chi connectivity index (χ0) is 10.4. The smallest absolute Gasteiger partial charge is 0.298 e. The molecule has 1 aliphatic rings. The van der Waals surface area contributed by atoms with Crippen molar-refractivity contribution in [1.29, 1.82) is 0 Å². The average molecular weight is 195 g/mol. The maximum absolute atomic E-state index is 11.2. The van der Waals surface area contributed by atoms with Crippen molar-refractivity contribution >= 4 is 5.91 Å². The van der Waals surface area contributed by atoms with E-state index in [1.807, 2.05) is 0 Å². The molecule has 14 heavy (non-hydrogen) atoms. The second-order valence-electron chi connectivity index (χ2n) is 3.42. The van der Waals surface area contributed by atoms with E-state index in [9.17, 15) is 4.79 Å². The van der Waals surface area contributed by atoms with Crippen LogP contribution in [0.4, 0.5) is 0 Å². The highest BCUT2D eigenvalue weighted by Crippen LogP contribution is 2.02. The molecule has 4 nitrogen and oxygen atoms in total. The minimum atomic E-state index is -0.195. The van der Waals surface area contributed by atoms with Crippen LogP contribution in [0.25, 0.3) is 0 Å². The first-order valence-electron chi connectivity index (χ1n) is 4.96. The van der Waals surface area contributed by atoms with Crippen molar-refractivity contribution in [2.45, 2.75) is 6.42 Å². The van der Waals surface area contributed by atoms with Crippen molar-refractivity contribution in [1.82, 2.24) is 9.80 Å². The molecule has 1 fully saturated rings. The standard InChI is InChI=1S/C10H17N3O/c1-2-10(14)13-6-3-5-12(7-4-11)8-9-13/h1H,3-9,11H2. The summed E-state index contributed by atoms with van der Waals surface area (Å²) in [5.41, 5.74) is 5.48. The zero-order valence-electron chi connectivity index (χ0n) is 8.41. The maximum Gasteiger partial charge on any atom is 0.298 e. The van der Waals surface area contributed by atoms with E-state index >= 15 is 0 Å². The molecule has 0 aliphatic carbocycles. The van der Waals surface area contributed by atoms with E-state index in [0.29, 0.717) is 6.54 Å². The summed E-state index contributed by atoms with van der Waals surface area (Å²) in [5.74, 6) is 1.96. The summed E-state index contributed by atoms with van der Waals surface area (Å²) in [7, 11) is 0. The number of rotatable bonds is 2. The van der Waals surface area contributed by atoms with Crippen LogP contribution in [0.1, 0.15) is 6.42 Å². The number of nitrogens with two attached hydrogens (primary N) is 1. The number of hydrogen-bond donors (Lipinski definition) is 1. The van der Waals surface area contributed by atoms with Gasteiger partial charge in [-0.05, 0) is 18.9 Å². The number of terminal acetylenes is 1. The van der Waals surface area contributed by atoms with Gasteiger partial charge in [-0.1, -0.05) is 0 Å². The van der Waals surface area contributed by atoms with Crippen LogP contribution in [0, 0.1) is 12.3 Å². The first-order chi connectivity index (χ1) is 6.77. The molecule has 0 unspecified atom stereocenters. The summed E-state index contributed by atoms with van der Waals surface area (Å²) in [4.78, 5) is 15.2. The van der Waals surface area contributed by atoms with Crippen molar-refractivity contribution in [3.8, 4) is 12.3 Å². The van der Waals surface area contributed by atoms with Crippen LogP contribution in [0.2, 0.25) is 0 Å². The minimum Gasteiger partial charge on any atom is -0.331 e. The number of carbonyl (C=O) groups excluding carboxylic acids is 1. The van der Waals surface area contributed by atoms with Crippen LogP contribution < -0.4 is 5.73 Å². The predicted octanol–water partition coefficient (Wildman–Crippen LogP) is -0.887. The molecule has 2 N–H and O–H groups in total. The van der Waals surface area contributed by atoms with E-state index in [1.165, 1.54) is 0 Å². The number of hydrogen-bond acceptors (Lipinski definition) is 3. The van der Waals surface area contributed by atoms with E-state index in [0.717, 1.165) is 39.1 Å². The highest BCUT2D eigenvalue weighted by Gasteiger charge is 2.16. The Labute approximate surface area is 85.0 Å². The second kappa shape index (κ2) is 5.63. The van der Waals surface area contributed by atoms with Crippen molar-refractivity contribution in [3.63, 3.8) is 0 Å². The Hall–Kier alpha value is -1.05. The fraction of sp³-hybridized carbons (Fsp3) is 0.700. The Morgan fingerprint density at radius 2 is 2.14 bits per heavy atom. The third-order valence-electron chi connectivity index (χ3n) is 2.44. The first kappa shape index (κ1) is 11.0. The van der Waals surface area contributed by atoms with Crippen LogP contribution in [-0.4, -0.2) is 55.0 Å². The fourth-order valence-corrected chi connectivity index (χ4v) is 1.67. The zero-order valence-corrected chi connectivity index (χ0v) is 8.41. The number of amides is 1. The molecule has 4 heteroatoms. The van der Waals surface area contributed by atoms with Gasteiger partial charge in [0.1, 0.15) is 0 Å². The quantitative estimate of drug-likeness (QED) is 0.582. The molecular weight excluding hydrogens is 178 g/mol. The molecule has 1 aliphatic heterocycles. The molecule has 0 atom stereocenters. The summed E-state index contributed by atoms with van der Waals surface area (Å²) in [5, 5.41) is 0. The highest BCUT2D eigenvalue weighted by atomic mass is 16.2. The van der Waals surface area contributed by atoms with Gasteiger partial charge < -0.3 is 15.5 Å². The molecule has 0 aromatic heterocycles. The van der Waals surface area contributed by atoms with Gasteiger partial charge in [0.15, 0.2) is 0 Å². The number of carbonyl (C=O) groups is 1. The molecule has 1 saturated heterocycles. The van der Waals surface area contributed by atoms with Crippen LogP contribution >= 0.6 is 0 Å². The predicted molar refractivity (Wildman–Crippen MR) is 55.5 cm³/mol. The van der Waals surface area contributed by atoms with E-state index in [4.69, 9.17) is 12.2 Å². The van der Waals surface area contributed by atoms with Crippen LogP contribution in [-0.2, 0) is 4.79 Å². The Morgan fingerprint density at radius 3 is 2.79 bits per heavy atom. The molecule has 1 amide bonds. The fourth-order valence-electron chi connectivity index (χ4n) is 1.67. The minimum absolute atomic E-state index is 0.195. The van der Waals surface area contributed by atoms with Crippen molar-refractivity contribution in [3.05, 3.63) is 0 Å². The summed E-state index contributed by atoms with van der Waals surface area (Å²) in [6.45, 7) is 4.95. The topological polar surface area (TPSA) is 49.6 Å². The lowest BCUT2D eigenvalue weighted by Gasteiger charge is -2.19. The molecule has 0 saturated carbocycles. The van der Waals surface area contributed by atoms with Gasteiger partial charge in [0.25, 0.3) is 5.91 Å². The monoisotopic (exact) mass is 195 g/mol. The van der Waals surface area contributed by atoms with Gasteiger partial charge in [-0.25, -0.2) is 0 Å². The lowest BCUT2D eigenvalue weighted by atomic mass is 10.4. The van der Waals surface area contributed by atoms with E-state index < -0.39 is 0 Å². The van der Waals surface area contributed by atoms with Crippen LogP contribution in [0.15, 0.2) is 0 Å². The molecule has 1 rings (SSSR count). The summed E-state index contributed by atoms with van der Waals surface area (Å²) in [6, 6.07) is 0. The maximum atomic E-state index is 11.2. The largest absolute Gasteiger partial charge is 0.331 e. The Morgan fingerprint density at radius 1 is 1.36 bits per heavy atom. The van der Waals surface area contributed by atoms with Crippen LogP contribution in [0.3, 0.4) is 0 Å². The first-order valence-corrected chi connectivity index (χ1v) is 4.96. The lowest BCUT2D eigenvalue weighted by Crippen LogP contribution is -2.35. The third-order valence-corrected chi connectivity index (χ3v) is 2.44. The molecule has 0 radical (unpaired) electrons. The van der Waals surface area contributed by atoms with Gasteiger partial charge in [-0.3, -0.25) is 4.79 Å². The van der Waals surface area contributed by atoms with E-state index in [1.54, 1.807) is 4.90 Å². The number of nitrogens with zero attached hydrogens (tertiary/aromatic N) is 2. The lowest BCUT2D eigenvalue weighted by molar-refractivity contribution is -0.124. The summed E-state index contributed by atoms with van der Waals surface area (Å²) in [6.07, 6.45) is 6.05. The third kappa shape index (κ3) is 3.02. The normalized spacial score (nSPS) is 18.7. The average Bonchev–Trinajstić information content (AvgIpc) is 2.43. The highest BCUT2D eigenvalue weighted by molar-refractivity contribution is 5.92. The van der Waals surface area contributed by atoms with Crippen LogP contribution in [0.5, 0.6) is 0 Å². The molecule has 0 spiro atoms. The molecule has 78 valence electrons. The molecule has 0 aromatic rings. The summed E-state index contributed by atoms with van der Waals surface area (Å²) < 4.78 is 0. The van der Waals surface area contributed by atoms with Crippen molar-refractivity contribution < 1.29 is 4.79 Å². The Balaban J connectivity index is 2.41. The Bertz CT molecular complexity index is 234. The van der Waals surface area contributed by atoms with Crippen molar-refractivity contribution in [2.24, 2.45) is 5.73 Å². The van der Waals surface area contributed by atoms with Gasteiger partial charge in [0.05, 0.1) is 0 Å². The summed E-state index contributed by atoms with van der Waals surface area (Å²) >= 11 is 0. The second-order valence-corrected chi connectivity index (χ2v) is 3.42. The van der Waals surface area contributed by atoms with Gasteiger partial charge in [0, 0.05) is 32.7 Å².